The largest absolute Gasteiger partial charge is 0.370 e. The second kappa shape index (κ2) is 5.40. The Hall–Kier alpha value is -1.26. The van der Waals surface area contributed by atoms with Gasteiger partial charge in [-0.1, -0.05) is 0 Å². The van der Waals surface area contributed by atoms with Crippen LogP contribution in [0.5, 0.6) is 0 Å². The van der Waals surface area contributed by atoms with Crippen molar-refractivity contribution in [1.82, 2.24) is 10.6 Å². The van der Waals surface area contributed by atoms with Gasteiger partial charge in [-0.05, 0) is 20.8 Å². The summed E-state index contributed by atoms with van der Waals surface area (Å²) in [5.41, 5.74) is 4.96. The predicted molar refractivity (Wildman–Crippen MR) is 50.1 cm³/mol. The van der Waals surface area contributed by atoms with E-state index in [2.05, 4.69) is 10.6 Å². The highest BCUT2D eigenvalue weighted by Gasteiger charge is 2.09. The van der Waals surface area contributed by atoms with Gasteiger partial charge in [0.15, 0.2) is 0 Å². The normalized spacial score (nSPS) is 12.3. The van der Waals surface area contributed by atoms with Crippen LogP contribution in [0.15, 0.2) is 0 Å². The molecule has 0 rings (SSSR count). The van der Waals surface area contributed by atoms with Crippen molar-refractivity contribution in [2.75, 3.05) is 0 Å². The van der Waals surface area contributed by atoms with Gasteiger partial charge in [-0.3, -0.25) is 4.79 Å². The first-order valence-electron chi connectivity index (χ1n) is 4.27. The predicted octanol–water partition coefficient (Wildman–Crippen LogP) is -0.0421. The average molecular weight is 187 g/mol. The van der Waals surface area contributed by atoms with E-state index in [4.69, 9.17) is 5.73 Å². The number of amides is 3. The molecule has 0 saturated carbocycles. The molecule has 5 heteroatoms. The molecule has 0 heterocycles. The summed E-state index contributed by atoms with van der Waals surface area (Å²) in [7, 11) is 0. The van der Waals surface area contributed by atoms with Gasteiger partial charge in [-0.2, -0.15) is 0 Å². The minimum absolute atomic E-state index is 0.0841. The topological polar surface area (TPSA) is 84.2 Å². The second-order valence-electron chi connectivity index (χ2n) is 3.34. The summed E-state index contributed by atoms with van der Waals surface area (Å²) in [6, 6.07) is -0.416. The number of carbonyl (C=O) groups is 2. The first kappa shape index (κ1) is 11.7. The molecule has 0 aliphatic carbocycles. The van der Waals surface area contributed by atoms with Gasteiger partial charge in [0.1, 0.15) is 0 Å². The first-order chi connectivity index (χ1) is 5.91. The first-order valence-corrected chi connectivity index (χ1v) is 4.27. The highest BCUT2D eigenvalue weighted by molar-refractivity contribution is 5.77. The molecule has 5 nitrogen and oxygen atoms in total. The van der Waals surface area contributed by atoms with Gasteiger partial charge in [0, 0.05) is 18.5 Å². The molecule has 0 radical (unpaired) electrons. The molecule has 0 aliphatic heterocycles. The lowest BCUT2D eigenvalue weighted by molar-refractivity contribution is -0.118. The van der Waals surface area contributed by atoms with Gasteiger partial charge in [0.2, 0.25) is 5.91 Å². The van der Waals surface area contributed by atoms with Crippen LogP contribution in [-0.4, -0.2) is 24.0 Å². The highest BCUT2D eigenvalue weighted by Crippen LogP contribution is 1.88. The molecule has 1 atom stereocenters. The van der Waals surface area contributed by atoms with Gasteiger partial charge in [0.25, 0.3) is 0 Å². The molecule has 3 amide bonds. The minimum Gasteiger partial charge on any atom is -0.370 e. The zero-order valence-electron chi connectivity index (χ0n) is 8.26. The van der Waals surface area contributed by atoms with E-state index < -0.39 is 5.91 Å². The molecule has 0 aliphatic rings. The summed E-state index contributed by atoms with van der Waals surface area (Å²) in [5.74, 6) is -0.419. The Labute approximate surface area is 78.1 Å². The van der Waals surface area contributed by atoms with Crippen LogP contribution in [0.2, 0.25) is 0 Å². The fraction of sp³-hybridized carbons (Fsp3) is 0.750. The van der Waals surface area contributed by atoms with E-state index in [1.807, 2.05) is 13.8 Å². The maximum absolute atomic E-state index is 11.1. The Bertz CT molecular complexity index is 192. The number of hydrogen-bond acceptors (Lipinski definition) is 2. The van der Waals surface area contributed by atoms with Gasteiger partial charge >= 0.3 is 6.03 Å². The molecular formula is C8H17N3O2. The number of nitrogens with two attached hydrogens (primary N) is 1. The maximum Gasteiger partial charge on any atom is 0.315 e. The van der Waals surface area contributed by atoms with E-state index in [1.165, 1.54) is 0 Å². The van der Waals surface area contributed by atoms with Crippen molar-refractivity contribution in [2.24, 2.45) is 5.73 Å². The molecule has 0 saturated heterocycles. The fourth-order valence-corrected chi connectivity index (χ4v) is 0.880. The minimum atomic E-state index is -0.419. The van der Waals surface area contributed by atoms with Crippen molar-refractivity contribution in [1.29, 1.82) is 0 Å². The molecule has 4 N–H and O–H groups in total. The Morgan fingerprint density at radius 1 is 1.23 bits per heavy atom. The molecule has 0 bridgehead atoms. The number of rotatable bonds is 4. The third kappa shape index (κ3) is 7.11. The molecule has 0 spiro atoms. The van der Waals surface area contributed by atoms with E-state index in [0.717, 1.165) is 0 Å². The number of hydrogen-bond donors (Lipinski definition) is 3. The molecule has 13 heavy (non-hydrogen) atoms. The smallest absolute Gasteiger partial charge is 0.315 e. The second-order valence-corrected chi connectivity index (χ2v) is 3.34. The summed E-state index contributed by atoms with van der Waals surface area (Å²) in [5, 5.41) is 5.24. The number of urea groups is 1. The van der Waals surface area contributed by atoms with Crippen LogP contribution in [0, 0.1) is 0 Å². The third-order valence-electron chi connectivity index (χ3n) is 1.30. The molecule has 0 aromatic heterocycles. The van der Waals surface area contributed by atoms with Gasteiger partial charge in [-0.25, -0.2) is 4.79 Å². The Kier molecular flexibility index (Phi) is 4.87. The zero-order chi connectivity index (χ0) is 10.4. The van der Waals surface area contributed by atoms with Crippen LogP contribution in [0.4, 0.5) is 4.79 Å². The van der Waals surface area contributed by atoms with Crippen molar-refractivity contribution in [3.63, 3.8) is 0 Å². The Morgan fingerprint density at radius 2 is 1.77 bits per heavy atom. The van der Waals surface area contributed by atoms with Crippen LogP contribution in [0.1, 0.15) is 27.2 Å². The van der Waals surface area contributed by atoms with Crippen molar-refractivity contribution >= 4 is 11.9 Å². The van der Waals surface area contributed by atoms with Crippen molar-refractivity contribution in [3.8, 4) is 0 Å². The fourth-order valence-electron chi connectivity index (χ4n) is 0.880. The van der Waals surface area contributed by atoms with Crippen LogP contribution in [0.3, 0.4) is 0 Å². The molecular weight excluding hydrogens is 170 g/mol. The average Bonchev–Trinajstić information content (AvgIpc) is 1.80. The van der Waals surface area contributed by atoms with Crippen LogP contribution >= 0.6 is 0 Å². The van der Waals surface area contributed by atoms with Crippen LogP contribution in [0.25, 0.3) is 0 Å². The van der Waals surface area contributed by atoms with Crippen molar-refractivity contribution < 1.29 is 9.59 Å². The monoisotopic (exact) mass is 187 g/mol. The number of nitrogens with one attached hydrogen (secondary N) is 2. The molecule has 1 unspecified atom stereocenters. The van der Waals surface area contributed by atoms with Crippen LogP contribution in [-0.2, 0) is 4.79 Å². The van der Waals surface area contributed by atoms with E-state index >= 15 is 0 Å². The molecule has 0 aromatic carbocycles. The van der Waals surface area contributed by atoms with E-state index in [1.54, 1.807) is 6.92 Å². The van der Waals surface area contributed by atoms with Gasteiger partial charge in [0.05, 0.1) is 0 Å². The zero-order valence-corrected chi connectivity index (χ0v) is 8.26. The van der Waals surface area contributed by atoms with E-state index in [9.17, 15) is 9.59 Å². The quantitative estimate of drug-likeness (QED) is 0.577. The van der Waals surface area contributed by atoms with Crippen molar-refractivity contribution in [3.05, 3.63) is 0 Å². The maximum atomic E-state index is 11.1. The third-order valence-corrected chi connectivity index (χ3v) is 1.30. The van der Waals surface area contributed by atoms with E-state index in [0.29, 0.717) is 0 Å². The van der Waals surface area contributed by atoms with Gasteiger partial charge in [-0.15, -0.1) is 0 Å². The summed E-state index contributed by atoms with van der Waals surface area (Å²) >= 11 is 0. The summed E-state index contributed by atoms with van der Waals surface area (Å²) < 4.78 is 0. The van der Waals surface area contributed by atoms with Crippen LogP contribution < -0.4 is 16.4 Å². The lowest BCUT2D eigenvalue weighted by Gasteiger charge is -2.14. The van der Waals surface area contributed by atoms with E-state index in [-0.39, 0.29) is 24.5 Å². The Morgan fingerprint density at radius 3 is 2.15 bits per heavy atom. The Balaban J connectivity index is 3.71. The number of carbonyl (C=O) groups excluding carboxylic acids is 2. The summed E-state index contributed by atoms with van der Waals surface area (Å²) in [6.07, 6.45) is 0.158. The molecule has 0 fully saturated rings. The highest BCUT2D eigenvalue weighted by atomic mass is 16.2. The number of primary amides is 1. The lowest BCUT2D eigenvalue weighted by atomic mass is 10.2. The molecule has 0 aromatic rings. The van der Waals surface area contributed by atoms with Gasteiger partial charge < -0.3 is 16.4 Å². The summed E-state index contributed by atoms with van der Waals surface area (Å²) in [4.78, 5) is 21.5. The van der Waals surface area contributed by atoms with Crippen molar-refractivity contribution in [2.45, 2.75) is 39.3 Å². The lowest BCUT2D eigenvalue weighted by Crippen LogP contribution is -2.44. The SMILES string of the molecule is CC(C)NC(=O)NC(C)CC(N)=O. The standard InChI is InChI=1S/C8H17N3O2/c1-5(2)10-8(13)11-6(3)4-7(9)12/h5-6H,4H2,1-3H3,(H2,9,12)(H2,10,11,13). The summed E-state index contributed by atoms with van der Waals surface area (Å²) in [6.45, 7) is 5.45. The molecule has 76 valence electrons.